The van der Waals surface area contributed by atoms with E-state index >= 15 is 0 Å². The second kappa shape index (κ2) is 6.25. The Morgan fingerprint density at radius 2 is 1.69 bits per heavy atom. The zero-order valence-corrected chi connectivity index (χ0v) is 7.24. The van der Waals surface area contributed by atoms with Crippen molar-refractivity contribution in [2.45, 2.75) is 24.4 Å². The van der Waals surface area contributed by atoms with E-state index < -0.39 is 24.4 Å². The van der Waals surface area contributed by atoms with Crippen LogP contribution in [0.1, 0.15) is 0 Å². The van der Waals surface area contributed by atoms with E-state index in [1.165, 1.54) is 0 Å². The summed E-state index contributed by atoms with van der Waals surface area (Å²) in [5.74, 6) is 0. The van der Waals surface area contributed by atoms with Gasteiger partial charge in [0.1, 0.15) is 31.0 Å². The van der Waals surface area contributed by atoms with Gasteiger partial charge in [0.25, 0.3) is 0 Å². The van der Waals surface area contributed by atoms with E-state index in [0.717, 1.165) is 13.7 Å². The van der Waals surface area contributed by atoms with Crippen molar-refractivity contribution < 1.29 is 30.3 Å². The number of aliphatic hydroxyl groups is 5. The molecule has 0 aromatic rings. The van der Waals surface area contributed by atoms with Crippen molar-refractivity contribution in [2.24, 2.45) is 0 Å². The second-order valence-corrected chi connectivity index (χ2v) is 2.46. The SMILES string of the molecule is CO.OC[C@H]1O[CH][C@H](O)[C@@H](O)[C@@H]1O. The fourth-order valence-electron chi connectivity index (χ4n) is 0.915. The first-order valence-corrected chi connectivity index (χ1v) is 3.75. The lowest BCUT2D eigenvalue weighted by molar-refractivity contribution is -0.169. The van der Waals surface area contributed by atoms with Crippen LogP contribution in [0.4, 0.5) is 0 Å². The molecule has 1 aliphatic heterocycles. The third-order valence-electron chi connectivity index (χ3n) is 1.65. The minimum Gasteiger partial charge on any atom is -0.400 e. The van der Waals surface area contributed by atoms with Gasteiger partial charge < -0.3 is 30.3 Å². The molecule has 0 bridgehead atoms. The molecule has 6 heteroatoms. The van der Waals surface area contributed by atoms with Crippen LogP contribution < -0.4 is 0 Å². The highest BCUT2D eigenvalue weighted by Gasteiger charge is 2.37. The number of aliphatic hydroxyl groups excluding tert-OH is 5. The molecular weight excluding hydrogens is 180 g/mol. The van der Waals surface area contributed by atoms with Gasteiger partial charge in [-0.2, -0.15) is 0 Å². The van der Waals surface area contributed by atoms with Crippen molar-refractivity contribution in [1.29, 1.82) is 0 Å². The van der Waals surface area contributed by atoms with Gasteiger partial charge >= 0.3 is 0 Å². The first-order valence-electron chi connectivity index (χ1n) is 3.75. The van der Waals surface area contributed by atoms with Gasteiger partial charge in [-0.05, 0) is 0 Å². The Morgan fingerprint density at radius 3 is 2.15 bits per heavy atom. The number of ether oxygens (including phenoxy) is 1. The zero-order chi connectivity index (χ0) is 10.4. The minimum absolute atomic E-state index is 0.387. The summed E-state index contributed by atoms with van der Waals surface area (Å²) < 4.78 is 4.69. The Hall–Kier alpha value is -0.240. The molecule has 0 aromatic carbocycles. The molecule has 0 saturated carbocycles. The molecule has 4 atom stereocenters. The third kappa shape index (κ3) is 3.18. The van der Waals surface area contributed by atoms with Crippen LogP contribution in [0, 0.1) is 6.61 Å². The van der Waals surface area contributed by atoms with E-state index in [1.54, 1.807) is 0 Å². The molecule has 1 aliphatic rings. The molecule has 79 valence electrons. The van der Waals surface area contributed by atoms with Crippen molar-refractivity contribution in [3.05, 3.63) is 6.61 Å². The highest BCUT2D eigenvalue weighted by atomic mass is 16.5. The third-order valence-corrected chi connectivity index (χ3v) is 1.65. The lowest BCUT2D eigenvalue weighted by Crippen LogP contribution is -2.52. The van der Waals surface area contributed by atoms with Crippen LogP contribution in [-0.2, 0) is 4.74 Å². The Labute approximate surface area is 76.0 Å². The van der Waals surface area contributed by atoms with Gasteiger partial charge in [0.05, 0.1) is 6.61 Å². The van der Waals surface area contributed by atoms with Crippen molar-refractivity contribution in [3.63, 3.8) is 0 Å². The van der Waals surface area contributed by atoms with Crippen molar-refractivity contribution in [2.75, 3.05) is 13.7 Å². The van der Waals surface area contributed by atoms with Crippen LogP contribution >= 0.6 is 0 Å². The largest absolute Gasteiger partial charge is 0.400 e. The van der Waals surface area contributed by atoms with E-state index in [0.29, 0.717) is 0 Å². The van der Waals surface area contributed by atoms with Crippen LogP contribution in [-0.4, -0.2) is 63.7 Å². The van der Waals surface area contributed by atoms with Crippen LogP contribution in [0.5, 0.6) is 0 Å². The molecule has 0 amide bonds. The van der Waals surface area contributed by atoms with Gasteiger partial charge in [-0.1, -0.05) is 0 Å². The van der Waals surface area contributed by atoms with Crippen molar-refractivity contribution >= 4 is 0 Å². The fourth-order valence-corrected chi connectivity index (χ4v) is 0.915. The fraction of sp³-hybridized carbons (Fsp3) is 0.857. The smallest absolute Gasteiger partial charge is 0.115 e. The highest BCUT2D eigenvalue weighted by Crippen LogP contribution is 2.17. The molecule has 13 heavy (non-hydrogen) atoms. The summed E-state index contributed by atoms with van der Waals surface area (Å²) in [7, 11) is 1.00. The normalized spacial score (nSPS) is 39.2. The summed E-state index contributed by atoms with van der Waals surface area (Å²) >= 11 is 0. The van der Waals surface area contributed by atoms with Crippen LogP contribution in [0.2, 0.25) is 0 Å². The molecule has 0 aliphatic carbocycles. The molecular formula is C7H15O6. The first kappa shape index (κ1) is 12.8. The van der Waals surface area contributed by atoms with Gasteiger partial charge in [-0.25, -0.2) is 0 Å². The van der Waals surface area contributed by atoms with E-state index in [4.69, 9.17) is 25.5 Å². The van der Waals surface area contributed by atoms with Crippen molar-refractivity contribution in [3.8, 4) is 0 Å². The molecule has 1 fully saturated rings. The number of hydrogen-bond acceptors (Lipinski definition) is 6. The van der Waals surface area contributed by atoms with E-state index in [2.05, 4.69) is 4.74 Å². The van der Waals surface area contributed by atoms with Gasteiger partial charge in [0, 0.05) is 7.11 Å². The van der Waals surface area contributed by atoms with Crippen LogP contribution in [0.15, 0.2) is 0 Å². The predicted molar refractivity (Wildman–Crippen MR) is 42.4 cm³/mol. The average molecular weight is 195 g/mol. The standard InChI is InChI=1S/C6H11O5.CH4O/c7-1-4-6(10)5(9)3(8)2-11-4;1-2/h2-10H,1H2;2H,1H3/t3-,4+,5+,6+;/m0./s1. The Kier molecular flexibility index (Phi) is 6.13. The lowest BCUT2D eigenvalue weighted by atomic mass is 10.0. The highest BCUT2D eigenvalue weighted by molar-refractivity contribution is 4.91. The number of rotatable bonds is 1. The Balaban J connectivity index is 0.000000671. The zero-order valence-electron chi connectivity index (χ0n) is 7.24. The maximum Gasteiger partial charge on any atom is 0.115 e. The molecule has 1 rings (SSSR count). The van der Waals surface area contributed by atoms with Crippen molar-refractivity contribution in [1.82, 2.24) is 0 Å². The van der Waals surface area contributed by atoms with Crippen LogP contribution in [0.25, 0.3) is 0 Å². The molecule has 0 aromatic heterocycles. The van der Waals surface area contributed by atoms with Crippen LogP contribution in [0.3, 0.4) is 0 Å². The lowest BCUT2D eigenvalue weighted by Gasteiger charge is -2.33. The van der Waals surface area contributed by atoms with Gasteiger partial charge in [0.15, 0.2) is 0 Å². The minimum atomic E-state index is -1.28. The van der Waals surface area contributed by atoms with Gasteiger partial charge in [0.2, 0.25) is 0 Å². The monoisotopic (exact) mass is 195 g/mol. The Morgan fingerprint density at radius 1 is 1.15 bits per heavy atom. The molecule has 6 nitrogen and oxygen atoms in total. The van der Waals surface area contributed by atoms with E-state index in [1.807, 2.05) is 0 Å². The summed E-state index contributed by atoms with van der Waals surface area (Å²) in [5, 5.41) is 42.6. The molecule has 1 radical (unpaired) electrons. The molecule has 1 heterocycles. The average Bonchev–Trinajstić information content (AvgIpc) is 2.18. The van der Waals surface area contributed by atoms with Gasteiger partial charge in [-0.15, -0.1) is 0 Å². The second-order valence-electron chi connectivity index (χ2n) is 2.46. The first-order chi connectivity index (χ1) is 6.16. The van der Waals surface area contributed by atoms with E-state index in [-0.39, 0.29) is 6.61 Å². The topological polar surface area (TPSA) is 110 Å². The Bertz CT molecular complexity index is 128. The quantitative estimate of drug-likeness (QED) is 0.310. The van der Waals surface area contributed by atoms with Gasteiger partial charge in [-0.3, -0.25) is 0 Å². The summed E-state index contributed by atoms with van der Waals surface area (Å²) in [6.07, 6.45) is -4.54. The molecule has 0 unspecified atom stereocenters. The number of hydrogen-bond donors (Lipinski definition) is 5. The molecule has 0 spiro atoms. The maximum atomic E-state index is 9.09. The maximum absolute atomic E-state index is 9.09. The molecule has 1 saturated heterocycles. The summed E-state index contributed by atoms with van der Waals surface area (Å²) in [6, 6.07) is 0. The summed E-state index contributed by atoms with van der Waals surface area (Å²) in [4.78, 5) is 0. The summed E-state index contributed by atoms with van der Waals surface area (Å²) in [6.45, 7) is 0.611. The summed E-state index contributed by atoms with van der Waals surface area (Å²) in [5.41, 5.74) is 0. The predicted octanol–water partition coefficient (Wildman–Crippen LogP) is -2.77. The van der Waals surface area contributed by atoms with E-state index in [9.17, 15) is 0 Å². The molecule has 5 N–H and O–H groups in total.